The summed E-state index contributed by atoms with van der Waals surface area (Å²) in [5, 5.41) is 3.54. The molecule has 162 valence electrons. The zero-order chi connectivity index (χ0) is 22.3. The lowest BCUT2D eigenvalue weighted by Crippen LogP contribution is -2.52. The van der Waals surface area contributed by atoms with Crippen LogP contribution in [0.3, 0.4) is 0 Å². The van der Waals surface area contributed by atoms with Crippen molar-refractivity contribution < 1.29 is 14.0 Å². The molecular weight excluding hydrogens is 423 g/mol. The average Bonchev–Trinajstić information content (AvgIpc) is 2.65. The highest BCUT2D eigenvalue weighted by Gasteiger charge is 2.28. The zero-order valence-corrected chi connectivity index (χ0v) is 19.3. The molecule has 0 saturated carbocycles. The molecule has 4 nitrogen and oxygen atoms in total. The van der Waals surface area contributed by atoms with Crippen LogP contribution >= 0.6 is 23.4 Å². The van der Waals surface area contributed by atoms with Gasteiger partial charge in [-0.2, -0.15) is 0 Å². The molecule has 30 heavy (non-hydrogen) atoms. The van der Waals surface area contributed by atoms with E-state index in [1.54, 1.807) is 31.2 Å². The van der Waals surface area contributed by atoms with Gasteiger partial charge in [0.25, 0.3) is 0 Å². The Hall–Kier alpha value is -2.05. The van der Waals surface area contributed by atoms with Crippen molar-refractivity contribution >= 4 is 35.2 Å². The van der Waals surface area contributed by atoms with Crippen molar-refractivity contribution in [2.75, 3.05) is 5.75 Å². The smallest absolute Gasteiger partial charge is 0.242 e. The second kappa shape index (κ2) is 10.8. The molecule has 0 unspecified atom stereocenters. The molecule has 0 radical (unpaired) electrons. The number of nitrogens with one attached hydrogen (secondary N) is 1. The molecule has 0 aliphatic carbocycles. The second-order valence-electron chi connectivity index (χ2n) is 8.15. The quantitative estimate of drug-likeness (QED) is 0.612. The van der Waals surface area contributed by atoms with Crippen molar-refractivity contribution in [1.29, 1.82) is 0 Å². The summed E-state index contributed by atoms with van der Waals surface area (Å²) in [6, 6.07) is 13.0. The number of carbonyl (C=O) groups excluding carboxylic acids is 2. The Morgan fingerprint density at radius 3 is 2.50 bits per heavy atom. The molecule has 0 aromatic heterocycles. The first-order chi connectivity index (χ1) is 14.1. The minimum Gasteiger partial charge on any atom is -0.350 e. The van der Waals surface area contributed by atoms with Crippen LogP contribution in [0.5, 0.6) is 0 Å². The largest absolute Gasteiger partial charge is 0.350 e. The first kappa shape index (κ1) is 24.2. The summed E-state index contributed by atoms with van der Waals surface area (Å²) in [5.74, 6) is -0.101. The molecule has 1 atom stereocenters. The Morgan fingerprint density at radius 1 is 1.17 bits per heavy atom. The fourth-order valence-corrected chi connectivity index (χ4v) is 3.90. The Balaban J connectivity index is 2.11. The Morgan fingerprint density at radius 2 is 1.87 bits per heavy atom. The van der Waals surface area contributed by atoms with E-state index < -0.39 is 17.4 Å². The third kappa shape index (κ3) is 7.65. The lowest BCUT2D eigenvalue weighted by atomic mass is 10.1. The van der Waals surface area contributed by atoms with Crippen molar-refractivity contribution in [3.05, 3.63) is 70.5 Å². The van der Waals surface area contributed by atoms with E-state index >= 15 is 0 Å². The number of benzene rings is 2. The Bertz CT molecular complexity index is 886. The highest BCUT2D eigenvalue weighted by atomic mass is 35.5. The first-order valence-electron chi connectivity index (χ1n) is 9.74. The van der Waals surface area contributed by atoms with Gasteiger partial charge in [-0.15, -0.1) is 11.8 Å². The standard InChI is InChI=1S/C23H28ClFN2O2S/c1-16(22(29)26-23(2,3)4)27(13-18-9-5-6-11-20(18)25)21(28)15-30-14-17-8-7-10-19(24)12-17/h5-12,16H,13-15H2,1-4H3,(H,26,29)/t16-/m0/s1. The van der Waals surface area contributed by atoms with Crippen LogP contribution in [0.1, 0.15) is 38.8 Å². The molecule has 2 rings (SSSR count). The van der Waals surface area contributed by atoms with Crippen molar-refractivity contribution in [2.45, 2.75) is 51.6 Å². The van der Waals surface area contributed by atoms with Gasteiger partial charge in [0.1, 0.15) is 11.9 Å². The first-order valence-corrected chi connectivity index (χ1v) is 11.3. The van der Waals surface area contributed by atoms with Gasteiger partial charge in [-0.1, -0.05) is 41.9 Å². The van der Waals surface area contributed by atoms with Crippen LogP contribution in [0.25, 0.3) is 0 Å². The fourth-order valence-electron chi connectivity index (χ4n) is 2.83. The summed E-state index contributed by atoms with van der Waals surface area (Å²) in [6.45, 7) is 7.33. The van der Waals surface area contributed by atoms with Gasteiger partial charge in [-0.25, -0.2) is 4.39 Å². The Kier molecular flexibility index (Phi) is 8.74. The third-order valence-electron chi connectivity index (χ3n) is 4.35. The lowest BCUT2D eigenvalue weighted by molar-refractivity contribution is -0.139. The van der Waals surface area contributed by atoms with Crippen LogP contribution < -0.4 is 5.32 Å². The molecule has 0 aliphatic rings. The number of amides is 2. The van der Waals surface area contributed by atoms with Crippen molar-refractivity contribution in [3.8, 4) is 0 Å². The Labute approximate surface area is 187 Å². The highest BCUT2D eigenvalue weighted by molar-refractivity contribution is 7.99. The van der Waals surface area contributed by atoms with Gasteiger partial charge in [0.2, 0.25) is 11.8 Å². The summed E-state index contributed by atoms with van der Waals surface area (Å²) in [5.41, 5.74) is 0.958. The van der Waals surface area contributed by atoms with E-state index in [0.717, 1.165) is 5.56 Å². The topological polar surface area (TPSA) is 49.4 Å². The van der Waals surface area contributed by atoms with E-state index in [1.807, 2.05) is 39.0 Å². The summed E-state index contributed by atoms with van der Waals surface area (Å²) in [6.07, 6.45) is 0. The van der Waals surface area contributed by atoms with Crippen LogP contribution in [0.15, 0.2) is 48.5 Å². The van der Waals surface area contributed by atoms with Crippen LogP contribution in [-0.4, -0.2) is 34.0 Å². The lowest BCUT2D eigenvalue weighted by Gasteiger charge is -2.31. The van der Waals surface area contributed by atoms with E-state index in [4.69, 9.17) is 11.6 Å². The van der Waals surface area contributed by atoms with Crippen molar-refractivity contribution in [1.82, 2.24) is 10.2 Å². The molecule has 0 saturated heterocycles. The summed E-state index contributed by atoms with van der Waals surface area (Å²) in [7, 11) is 0. The maximum absolute atomic E-state index is 14.2. The molecule has 7 heteroatoms. The molecule has 2 aromatic carbocycles. The summed E-state index contributed by atoms with van der Waals surface area (Å²) in [4.78, 5) is 27.1. The molecule has 0 bridgehead atoms. The second-order valence-corrected chi connectivity index (χ2v) is 9.57. The van der Waals surface area contributed by atoms with E-state index in [9.17, 15) is 14.0 Å². The normalized spacial score (nSPS) is 12.3. The van der Waals surface area contributed by atoms with Gasteiger partial charge in [-0.3, -0.25) is 9.59 Å². The third-order valence-corrected chi connectivity index (χ3v) is 5.57. The van der Waals surface area contributed by atoms with Gasteiger partial charge in [0.05, 0.1) is 5.75 Å². The number of hydrogen-bond donors (Lipinski definition) is 1. The van der Waals surface area contributed by atoms with Gasteiger partial charge in [0, 0.05) is 28.4 Å². The van der Waals surface area contributed by atoms with Crippen molar-refractivity contribution in [3.63, 3.8) is 0 Å². The SMILES string of the molecule is C[C@@H](C(=O)NC(C)(C)C)N(Cc1ccccc1F)C(=O)CSCc1cccc(Cl)c1. The number of carbonyl (C=O) groups is 2. The van der Waals surface area contributed by atoms with E-state index in [1.165, 1.54) is 22.7 Å². The van der Waals surface area contributed by atoms with Gasteiger partial charge in [-0.05, 0) is 51.5 Å². The number of rotatable bonds is 8. The minimum absolute atomic E-state index is 0.0297. The molecule has 0 aliphatic heterocycles. The predicted octanol–water partition coefficient (Wildman–Crippen LogP) is 5.04. The van der Waals surface area contributed by atoms with Gasteiger partial charge in [0.15, 0.2) is 0 Å². The molecule has 0 spiro atoms. The van der Waals surface area contributed by atoms with E-state index in [2.05, 4.69) is 5.32 Å². The maximum atomic E-state index is 14.2. The number of thioether (sulfide) groups is 1. The van der Waals surface area contributed by atoms with Gasteiger partial charge < -0.3 is 10.2 Å². The molecular formula is C23H28ClFN2O2S. The minimum atomic E-state index is -0.733. The molecule has 0 fully saturated rings. The van der Waals surface area contributed by atoms with E-state index in [0.29, 0.717) is 16.3 Å². The number of halogens is 2. The number of hydrogen-bond acceptors (Lipinski definition) is 3. The monoisotopic (exact) mass is 450 g/mol. The average molecular weight is 451 g/mol. The molecule has 1 N–H and O–H groups in total. The zero-order valence-electron chi connectivity index (χ0n) is 17.7. The number of nitrogens with zero attached hydrogens (tertiary/aromatic N) is 1. The predicted molar refractivity (Wildman–Crippen MR) is 122 cm³/mol. The van der Waals surface area contributed by atoms with Crippen LogP contribution in [0, 0.1) is 5.82 Å². The molecule has 2 aromatic rings. The van der Waals surface area contributed by atoms with Crippen LogP contribution in [0.2, 0.25) is 5.02 Å². The summed E-state index contributed by atoms with van der Waals surface area (Å²) < 4.78 is 14.2. The summed E-state index contributed by atoms with van der Waals surface area (Å²) >= 11 is 7.44. The van der Waals surface area contributed by atoms with Crippen LogP contribution in [-0.2, 0) is 21.9 Å². The van der Waals surface area contributed by atoms with Crippen molar-refractivity contribution in [2.24, 2.45) is 0 Å². The maximum Gasteiger partial charge on any atom is 0.242 e. The highest BCUT2D eigenvalue weighted by Crippen LogP contribution is 2.19. The van der Waals surface area contributed by atoms with E-state index in [-0.39, 0.29) is 24.1 Å². The van der Waals surface area contributed by atoms with Crippen LogP contribution in [0.4, 0.5) is 4.39 Å². The molecule has 0 heterocycles. The fraction of sp³-hybridized carbons (Fsp3) is 0.391. The molecule has 2 amide bonds. The van der Waals surface area contributed by atoms with Gasteiger partial charge >= 0.3 is 0 Å².